The van der Waals surface area contributed by atoms with Crippen LogP contribution in [0.4, 0.5) is 0 Å². The first-order valence-electron chi connectivity index (χ1n) is 7.54. The zero-order valence-electron chi connectivity index (χ0n) is 11.8. The van der Waals surface area contributed by atoms with E-state index in [2.05, 4.69) is 4.90 Å². The van der Waals surface area contributed by atoms with Gasteiger partial charge in [0.05, 0.1) is 0 Å². The van der Waals surface area contributed by atoms with Crippen LogP contribution in [-0.2, 0) is 0 Å². The molecule has 1 aromatic carbocycles. The summed E-state index contributed by atoms with van der Waals surface area (Å²) in [6.45, 7) is 5.44. The van der Waals surface area contributed by atoms with Gasteiger partial charge >= 0.3 is 0 Å². The Bertz CT molecular complexity index is 456. The van der Waals surface area contributed by atoms with Gasteiger partial charge in [0.25, 0.3) is 0 Å². The van der Waals surface area contributed by atoms with Crippen LogP contribution < -0.4 is 0 Å². The molecule has 2 unspecified atom stereocenters. The average Bonchev–Trinajstić information content (AvgIpc) is 2.96. The van der Waals surface area contributed by atoms with E-state index in [1.165, 1.54) is 37.9 Å². The molecule has 3 rings (SSSR count). The smallest absolute Gasteiger partial charge is 0.164 e. The van der Waals surface area contributed by atoms with Crippen molar-refractivity contribution in [3.63, 3.8) is 0 Å². The van der Waals surface area contributed by atoms with Gasteiger partial charge in [-0.25, -0.2) is 0 Å². The molecule has 0 aromatic heterocycles. The summed E-state index contributed by atoms with van der Waals surface area (Å²) >= 11 is 0. The van der Waals surface area contributed by atoms with Crippen molar-refractivity contribution in [1.29, 1.82) is 0 Å². The van der Waals surface area contributed by atoms with Crippen molar-refractivity contribution in [2.24, 2.45) is 11.8 Å². The molecule has 102 valence electrons. The van der Waals surface area contributed by atoms with Gasteiger partial charge in [-0.1, -0.05) is 30.2 Å². The molecule has 19 heavy (non-hydrogen) atoms. The molecule has 1 heterocycles. The Kier molecular flexibility index (Phi) is 3.69. The topological polar surface area (TPSA) is 20.3 Å². The van der Waals surface area contributed by atoms with Gasteiger partial charge in [0.1, 0.15) is 0 Å². The number of Topliss-reactive ketones (excluding diaryl/α,β-unsaturated/α-hetero) is 1. The molecule has 2 atom stereocenters. The molecule has 0 N–H and O–H groups in total. The molecule has 0 spiro atoms. The number of aryl methyl sites for hydroxylation is 1. The fraction of sp³-hybridized carbons (Fsp3) is 0.588. The Balaban J connectivity index is 1.51. The van der Waals surface area contributed by atoms with Crippen molar-refractivity contribution in [2.45, 2.75) is 32.6 Å². The highest BCUT2D eigenvalue weighted by Gasteiger charge is 2.35. The zero-order valence-corrected chi connectivity index (χ0v) is 11.8. The lowest BCUT2D eigenvalue weighted by Gasteiger charge is -2.16. The van der Waals surface area contributed by atoms with E-state index in [1.54, 1.807) is 0 Å². The third kappa shape index (κ3) is 2.89. The second-order valence-electron chi connectivity index (χ2n) is 6.25. The van der Waals surface area contributed by atoms with E-state index >= 15 is 0 Å². The van der Waals surface area contributed by atoms with E-state index in [0.29, 0.717) is 12.2 Å². The number of benzene rings is 1. The van der Waals surface area contributed by atoms with Crippen LogP contribution in [0.5, 0.6) is 0 Å². The Morgan fingerprint density at radius 1 is 1.26 bits per heavy atom. The van der Waals surface area contributed by atoms with E-state index in [9.17, 15) is 4.79 Å². The first-order chi connectivity index (χ1) is 9.22. The number of hydrogen-bond donors (Lipinski definition) is 0. The number of nitrogens with zero attached hydrogens (tertiary/aromatic N) is 1. The molecule has 0 amide bonds. The SMILES string of the molecule is Cc1cccc(C(=O)CCN2CC3CCCC3C2)c1. The van der Waals surface area contributed by atoms with Gasteiger partial charge in [0.15, 0.2) is 5.78 Å². The van der Waals surface area contributed by atoms with Crippen molar-refractivity contribution < 1.29 is 4.79 Å². The highest BCUT2D eigenvalue weighted by Crippen LogP contribution is 2.37. The van der Waals surface area contributed by atoms with Gasteiger partial charge in [0, 0.05) is 31.6 Å². The van der Waals surface area contributed by atoms with E-state index in [-0.39, 0.29) is 0 Å². The maximum absolute atomic E-state index is 12.2. The minimum atomic E-state index is 0.292. The number of carbonyl (C=O) groups excluding carboxylic acids is 1. The predicted molar refractivity (Wildman–Crippen MR) is 77.4 cm³/mol. The van der Waals surface area contributed by atoms with Crippen LogP contribution in [0.2, 0.25) is 0 Å². The quantitative estimate of drug-likeness (QED) is 0.771. The number of hydrogen-bond acceptors (Lipinski definition) is 2. The molecule has 1 aliphatic carbocycles. The number of carbonyl (C=O) groups is 1. The molecule has 0 radical (unpaired) electrons. The summed E-state index contributed by atoms with van der Waals surface area (Å²) in [6.07, 6.45) is 4.91. The van der Waals surface area contributed by atoms with Crippen LogP contribution >= 0.6 is 0 Å². The standard InChI is InChI=1S/C17H23NO/c1-13-4-2-5-14(10-13)17(19)8-9-18-11-15-6-3-7-16(15)12-18/h2,4-5,10,15-16H,3,6-9,11-12H2,1H3. The van der Waals surface area contributed by atoms with Gasteiger partial charge in [-0.3, -0.25) is 4.79 Å². The Labute approximate surface area is 115 Å². The van der Waals surface area contributed by atoms with E-state index in [1.807, 2.05) is 31.2 Å². The Hall–Kier alpha value is -1.15. The van der Waals surface area contributed by atoms with Gasteiger partial charge in [-0.2, -0.15) is 0 Å². The predicted octanol–water partition coefficient (Wildman–Crippen LogP) is 3.30. The molecule has 2 nitrogen and oxygen atoms in total. The van der Waals surface area contributed by atoms with Crippen LogP contribution in [0, 0.1) is 18.8 Å². The maximum Gasteiger partial charge on any atom is 0.164 e. The summed E-state index contributed by atoms with van der Waals surface area (Å²) < 4.78 is 0. The second kappa shape index (κ2) is 5.46. The first kappa shape index (κ1) is 12.9. The van der Waals surface area contributed by atoms with E-state index < -0.39 is 0 Å². The second-order valence-corrected chi connectivity index (χ2v) is 6.25. The molecule has 1 saturated heterocycles. The molecule has 2 aliphatic rings. The lowest BCUT2D eigenvalue weighted by atomic mass is 10.0. The van der Waals surface area contributed by atoms with Crippen molar-refractivity contribution in [3.05, 3.63) is 35.4 Å². The molecule has 2 fully saturated rings. The third-order valence-corrected chi connectivity index (χ3v) is 4.80. The van der Waals surface area contributed by atoms with Crippen LogP contribution in [0.1, 0.15) is 41.6 Å². The summed E-state index contributed by atoms with van der Waals surface area (Å²) in [5.74, 6) is 2.14. The molecular weight excluding hydrogens is 234 g/mol. The van der Waals surface area contributed by atoms with Crippen molar-refractivity contribution in [3.8, 4) is 0 Å². The fourth-order valence-electron chi connectivity index (χ4n) is 3.74. The van der Waals surface area contributed by atoms with Crippen molar-refractivity contribution >= 4 is 5.78 Å². The highest BCUT2D eigenvalue weighted by atomic mass is 16.1. The zero-order chi connectivity index (χ0) is 13.2. The normalized spacial score (nSPS) is 26.6. The van der Waals surface area contributed by atoms with Crippen LogP contribution in [0.25, 0.3) is 0 Å². The lowest BCUT2D eigenvalue weighted by molar-refractivity contribution is 0.0967. The number of likely N-dealkylation sites (tertiary alicyclic amines) is 1. The van der Waals surface area contributed by atoms with Crippen LogP contribution in [0.3, 0.4) is 0 Å². The minimum absolute atomic E-state index is 0.292. The average molecular weight is 257 g/mol. The molecule has 1 aliphatic heterocycles. The Morgan fingerprint density at radius 2 is 2.00 bits per heavy atom. The third-order valence-electron chi connectivity index (χ3n) is 4.80. The maximum atomic E-state index is 12.2. The number of ketones is 1. The molecular formula is C17H23NO. The number of rotatable bonds is 4. The lowest BCUT2D eigenvalue weighted by Crippen LogP contribution is -2.24. The monoisotopic (exact) mass is 257 g/mol. The van der Waals surface area contributed by atoms with Crippen LogP contribution in [0.15, 0.2) is 24.3 Å². The fourth-order valence-corrected chi connectivity index (χ4v) is 3.74. The number of fused-ring (bicyclic) bond motifs is 1. The van der Waals surface area contributed by atoms with Gasteiger partial charge in [0.2, 0.25) is 0 Å². The van der Waals surface area contributed by atoms with Gasteiger partial charge in [-0.05, 0) is 37.7 Å². The molecule has 1 aromatic rings. The van der Waals surface area contributed by atoms with E-state index in [0.717, 1.165) is 23.9 Å². The van der Waals surface area contributed by atoms with Crippen molar-refractivity contribution in [1.82, 2.24) is 4.90 Å². The Morgan fingerprint density at radius 3 is 2.68 bits per heavy atom. The molecule has 2 heteroatoms. The van der Waals surface area contributed by atoms with E-state index in [4.69, 9.17) is 0 Å². The summed E-state index contributed by atoms with van der Waals surface area (Å²) in [5, 5.41) is 0. The van der Waals surface area contributed by atoms with Gasteiger partial charge < -0.3 is 4.90 Å². The summed E-state index contributed by atoms with van der Waals surface area (Å²) in [4.78, 5) is 14.7. The van der Waals surface area contributed by atoms with Crippen LogP contribution in [-0.4, -0.2) is 30.3 Å². The summed E-state index contributed by atoms with van der Waals surface area (Å²) in [7, 11) is 0. The van der Waals surface area contributed by atoms with Crippen molar-refractivity contribution in [2.75, 3.05) is 19.6 Å². The minimum Gasteiger partial charge on any atom is -0.302 e. The molecule has 0 bridgehead atoms. The summed E-state index contributed by atoms with van der Waals surface area (Å²) in [5.41, 5.74) is 2.04. The largest absolute Gasteiger partial charge is 0.302 e. The highest BCUT2D eigenvalue weighted by molar-refractivity contribution is 5.96. The molecule has 1 saturated carbocycles. The first-order valence-corrected chi connectivity index (χ1v) is 7.54. The summed E-state index contributed by atoms with van der Waals surface area (Å²) in [6, 6.07) is 7.95. The van der Waals surface area contributed by atoms with Gasteiger partial charge in [-0.15, -0.1) is 0 Å².